The summed E-state index contributed by atoms with van der Waals surface area (Å²) in [5.41, 5.74) is -8.23. The Bertz CT molecular complexity index is 1110. The van der Waals surface area contributed by atoms with Crippen LogP contribution in [0.3, 0.4) is 0 Å². The first-order valence-electron chi connectivity index (χ1n) is 8.58. The van der Waals surface area contributed by atoms with E-state index in [1.165, 1.54) is 0 Å². The number of quaternary nitrogens is 2. The van der Waals surface area contributed by atoms with Crippen LogP contribution in [0.25, 0.3) is 0 Å². The quantitative estimate of drug-likeness (QED) is 0.109. The summed E-state index contributed by atoms with van der Waals surface area (Å²) in [4.78, 5) is 84.8. The fourth-order valence-corrected chi connectivity index (χ4v) is 2.55. The Morgan fingerprint density at radius 2 is 0.321 bits per heavy atom. The molecule has 2 aromatic rings. The van der Waals surface area contributed by atoms with Gasteiger partial charge in [-0.15, -0.1) is 0 Å². The van der Waals surface area contributed by atoms with Crippen LogP contribution in [-0.4, -0.2) is 58.7 Å². The Hall–Kier alpha value is -4.80. The predicted octanol–water partition coefficient (Wildman–Crippen LogP) is -9.00. The molecule has 0 saturated heterocycles. The van der Waals surface area contributed by atoms with Gasteiger partial charge in [-0.2, -0.15) is 0 Å². The Labute approximate surface area is 330 Å². The normalized spacial score (nSPS) is 6.64. The molecule has 2 aromatic carbocycles. The van der Waals surface area contributed by atoms with E-state index in [9.17, 15) is 79.2 Å². The largest absolute Gasteiger partial charge is 2.00 e. The van der Waals surface area contributed by atoms with Crippen molar-refractivity contribution in [3.63, 3.8) is 0 Å². The van der Waals surface area contributed by atoms with Gasteiger partial charge in [0.05, 0.1) is 47.8 Å². The van der Waals surface area contributed by atoms with Gasteiger partial charge in [0.25, 0.3) is 0 Å². The number of aromatic carboxylic acids is 8. The molecule has 0 atom stereocenters. The van der Waals surface area contributed by atoms with Gasteiger partial charge in [0, 0.05) is 44.5 Å². The topological polar surface area (TPSA) is 807 Å². The SMILES string of the molecule is N.N.N.N.N.N.N.N.N.N.O.O.O=C([O-])c1cc(C(=O)[O-])c(C(=O)[O-])cc1C(=O)[O-].O=C([O-])c1cc(C(=O)[O-])c(C(=O)[O-])cc1C(=O)[O-].[Cu+2].[Cu+2].[Cu+2].[NH4+].[NH4+]. The number of carbonyl (C=O) groups is 8. The van der Waals surface area contributed by atoms with Gasteiger partial charge in [0.15, 0.2) is 0 Å². The van der Waals surface area contributed by atoms with Gasteiger partial charge in [-0.3, -0.25) is 0 Å². The number of carboxylic acid groups (broad SMARTS) is 8. The van der Waals surface area contributed by atoms with Gasteiger partial charge in [-0.1, -0.05) is 0 Å². The van der Waals surface area contributed by atoms with Gasteiger partial charge in [0.1, 0.15) is 0 Å². The molecule has 42 N–H and O–H groups in total. The molecule has 0 unspecified atom stereocenters. The second-order valence-corrected chi connectivity index (χ2v) is 6.19. The maximum atomic E-state index is 10.6. The van der Waals surface area contributed by atoms with Crippen LogP contribution in [0.5, 0.6) is 0 Å². The average Bonchev–Trinajstić information content (AvgIpc) is 2.76. The van der Waals surface area contributed by atoms with E-state index < -0.39 is 92.3 Å². The van der Waals surface area contributed by atoms with E-state index in [1.54, 1.807) is 0 Å². The van der Waals surface area contributed by atoms with E-state index >= 15 is 0 Å². The molecule has 2 rings (SSSR count). The Morgan fingerprint density at radius 3 is 0.358 bits per heavy atom. The summed E-state index contributed by atoms with van der Waals surface area (Å²) in [7, 11) is 0. The first-order chi connectivity index (χ1) is 16.5. The summed E-state index contributed by atoms with van der Waals surface area (Å²) in [6.07, 6.45) is 0. The third-order valence-electron chi connectivity index (χ3n) is 4.07. The summed E-state index contributed by atoms with van der Waals surface area (Å²) in [6.45, 7) is 0. The molecule has 327 valence electrons. The van der Waals surface area contributed by atoms with Crippen LogP contribution in [0, 0.1) is 0 Å². The number of carbonyl (C=O) groups excluding carboxylic acids is 8. The van der Waals surface area contributed by atoms with E-state index in [-0.39, 0.29) is 136 Å². The first-order valence-corrected chi connectivity index (χ1v) is 8.58. The summed E-state index contributed by atoms with van der Waals surface area (Å²) in [6, 6.07) is 1.23. The second-order valence-electron chi connectivity index (χ2n) is 6.19. The van der Waals surface area contributed by atoms with Gasteiger partial charge in [-0.05, 0) is 24.3 Å². The zero-order chi connectivity index (χ0) is 28.1. The van der Waals surface area contributed by atoms with Crippen LogP contribution in [0.15, 0.2) is 24.3 Å². The second kappa shape index (κ2) is 45.2. The first kappa shape index (κ1) is 110. The molecule has 0 saturated carbocycles. The predicted molar refractivity (Wildman–Crippen MR) is 157 cm³/mol. The molecule has 0 aliphatic carbocycles. The molecule has 0 aromatic heterocycles. The maximum Gasteiger partial charge on any atom is 2.00 e. The molecule has 0 amide bonds. The molecule has 0 aliphatic rings. The summed E-state index contributed by atoms with van der Waals surface area (Å²) < 4.78 is 0. The number of hydrogen-bond acceptors (Lipinski definition) is 26. The Balaban J connectivity index is -0.0000000247. The van der Waals surface area contributed by atoms with Crippen molar-refractivity contribution >= 4 is 47.8 Å². The minimum absolute atomic E-state index is 0. The van der Waals surface area contributed by atoms with E-state index in [2.05, 4.69) is 0 Å². The molecule has 0 spiro atoms. The Kier molecular flexibility index (Phi) is 94.1. The fourth-order valence-electron chi connectivity index (χ4n) is 2.55. The molecule has 30 nitrogen and oxygen atoms in total. The zero-order valence-corrected chi connectivity index (χ0v) is 30.6. The van der Waals surface area contributed by atoms with Crippen molar-refractivity contribution in [3.8, 4) is 0 Å². The number of carboxylic acids is 8. The zero-order valence-electron chi connectivity index (χ0n) is 27.8. The van der Waals surface area contributed by atoms with Crippen LogP contribution in [0.1, 0.15) is 82.9 Å². The van der Waals surface area contributed by atoms with Crippen molar-refractivity contribution in [2.24, 2.45) is 0 Å². The van der Waals surface area contributed by atoms with Crippen molar-refractivity contribution in [3.05, 3.63) is 68.8 Å². The molecule has 53 heavy (non-hydrogen) atoms. The molecule has 0 aliphatic heterocycles. The maximum absolute atomic E-state index is 10.6. The Morgan fingerprint density at radius 1 is 0.264 bits per heavy atom. The summed E-state index contributed by atoms with van der Waals surface area (Å²) in [5, 5.41) is 84.8. The van der Waals surface area contributed by atoms with Crippen molar-refractivity contribution < 1.29 is 141 Å². The van der Waals surface area contributed by atoms with Gasteiger partial charge in [0.2, 0.25) is 0 Å². The van der Waals surface area contributed by atoms with Gasteiger partial charge >= 0.3 is 51.2 Å². The van der Waals surface area contributed by atoms with E-state index in [0.29, 0.717) is 24.3 Å². The van der Waals surface area contributed by atoms with Gasteiger partial charge < -0.3 is 164 Å². The number of hydrogen-bond donors (Lipinski definition) is 12. The average molecular weight is 933 g/mol. The third kappa shape index (κ3) is 27.5. The van der Waals surface area contributed by atoms with E-state index in [4.69, 9.17) is 0 Å². The van der Waals surface area contributed by atoms with Crippen molar-refractivity contribution in [1.82, 2.24) is 73.8 Å². The fraction of sp³-hybridized carbons (Fsp3) is 0. The van der Waals surface area contributed by atoms with Crippen molar-refractivity contribution in [2.75, 3.05) is 0 Å². The minimum Gasteiger partial charge on any atom is -0.545 e. The summed E-state index contributed by atoms with van der Waals surface area (Å²) in [5.74, 6) is -16.0. The van der Waals surface area contributed by atoms with Crippen molar-refractivity contribution in [2.45, 2.75) is 0 Å². The third-order valence-corrected chi connectivity index (χ3v) is 4.07. The number of rotatable bonds is 8. The molecule has 0 bridgehead atoms. The summed E-state index contributed by atoms with van der Waals surface area (Å²) >= 11 is 0. The van der Waals surface area contributed by atoms with Crippen LogP contribution in [0.4, 0.5) is 0 Å². The molecule has 0 fully saturated rings. The molecular weight excluding hydrogens is 887 g/mol. The monoisotopic (exact) mass is 931 g/mol. The van der Waals surface area contributed by atoms with Gasteiger partial charge in [-0.25, -0.2) is 0 Å². The van der Waals surface area contributed by atoms with Crippen LogP contribution >= 0.6 is 0 Å². The van der Waals surface area contributed by atoms with Crippen molar-refractivity contribution in [1.29, 1.82) is 0 Å². The van der Waals surface area contributed by atoms with Crippen LogP contribution < -0.4 is 115 Å². The molecule has 0 heterocycles. The molecule has 3 radical (unpaired) electrons. The van der Waals surface area contributed by atoms with Crippen LogP contribution in [0.2, 0.25) is 0 Å². The minimum atomic E-state index is -2.00. The molecular formula is C20H46Cu3N12O18. The van der Waals surface area contributed by atoms with E-state index in [1.807, 2.05) is 0 Å². The van der Waals surface area contributed by atoms with E-state index in [0.717, 1.165) is 0 Å². The number of benzene rings is 2. The standard InChI is InChI=1S/2C10H6O8.3Cu.12H3N.2H2O/c2*11-7(12)3-1-4(8(13)14)6(10(17)18)2-5(3)9(15)16;;;;;;;;;;;;;;;;;/h2*1-2H,(H,11,12)(H,13,14)(H,15,16)(H,17,18);;;;12*1H3;2*1H2/q;;3*+2;;;;;;;;;;;;;;/p-6. The van der Waals surface area contributed by atoms with Crippen LogP contribution in [-0.2, 0) is 51.2 Å². The smallest absolute Gasteiger partial charge is 0.545 e. The molecule has 33 heteroatoms.